The van der Waals surface area contributed by atoms with Crippen LogP contribution in [0.25, 0.3) is 0 Å². The molecule has 20 heavy (non-hydrogen) atoms. The van der Waals surface area contributed by atoms with E-state index in [9.17, 15) is 9.59 Å². The van der Waals surface area contributed by atoms with Gasteiger partial charge < -0.3 is 16.4 Å². The Labute approximate surface area is 119 Å². The normalized spacial score (nSPS) is 12.2. The number of amides is 2. The first-order chi connectivity index (χ1) is 9.41. The second-order valence-corrected chi connectivity index (χ2v) is 5.16. The highest BCUT2D eigenvalue weighted by Crippen LogP contribution is 2.08. The first-order valence-electron chi connectivity index (χ1n) is 6.80. The topological polar surface area (TPSA) is 89.4 Å². The molecule has 5 nitrogen and oxygen atoms in total. The number of rotatable bonds is 7. The van der Waals surface area contributed by atoms with Gasteiger partial charge in [-0.15, -0.1) is 0 Å². The molecule has 5 heteroatoms. The highest BCUT2D eigenvalue weighted by atomic mass is 16.2. The third kappa shape index (κ3) is 5.01. The molecule has 0 radical (unpaired) electrons. The molecule has 1 rings (SSSR count). The van der Waals surface area contributed by atoms with Crippen molar-refractivity contribution >= 4 is 11.8 Å². The van der Waals surface area contributed by atoms with Crippen LogP contribution in [0.3, 0.4) is 0 Å². The fraction of sp³-hybridized carbons (Fsp3) is 0.467. The lowest BCUT2D eigenvalue weighted by Gasteiger charge is -2.28. The summed E-state index contributed by atoms with van der Waals surface area (Å²) in [5, 5.41) is 0. The molecule has 4 N–H and O–H groups in total. The maximum Gasteiger partial charge on any atom is 0.240 e. The predicted molar refractivity (Wildman–Crippen MR) is 78.8 cm³/mol. The number of nitrogens with zero attached hydrogens (tertiary/aromatic N) is 1. The van der Waals surface area contributed by atoms with Gasteiger partial charge in [0.05, 0.1) is 12.6 Å². The lowest BCUT2D eigenvalue weighted by molar-refractivity contribution is -0.138. The third-order valence-corrected chi connectivity index (χ3v) is 3.14. The van der Waals surface area contributed by atoms with E-state index in [1.165, 1.54) is 4.90 Å². The van der Waals surface area contributed by atoms with E-state index in [1.54, 1.807) is 0 Å². The number of nitrogens with two attached hydrogens (primary N) is 2. The van der Waals surface area contributed by atoms with Crippen LogP contribution in [0.1, 0.15) is 25.8 Å². The Hall–Kier alpha value is -1.88. The van der Waals surface area contributed by atoms with E-state index in [2.05, 4.69) is 0 Å². The first-order valence-corrected chi connectivity index (χ1v) is 6.80. The van der Waals surface area contributed by atoms with Crippen molar-refractivity contribution in [2.75, 3.05) is 6.54 Å². The van der Waals surface area contributed by atoms with Gasteiger partial charge in [-0.25, -0.2) is 0 Å². The molecule has 1 atom stereocenters. The van der Waals surface area contributed by atoms with Crippen molar-refractivity contribution in [3.63, 3.8) is 0 Å². The summed E-state index contributed by atoms with van der Waals surface area (Å²) in [5.74, 6) is -0.753. The molecule has 0 aromatic heterocycles. The highest BCUT2D eigenvalue weighted by Gasteiger charge is 2.24. The molecule has 1 aromatic rings. The number of carbonyl (C=O) groups is 2. The summed E-state index contributed by atoms with van der Waals surface area (Å²) in [7, 11) is 0. The van der Waals surface area contributed by atoms with Crippen LogP contribution in [0.15, 0.2) is 30.3 Å². The molecule has 0 aliphatic heterocycles. The van der Waals surface area contributed by atoms with Gasteiger partial charge in [0.2, 0.25) is 11.8 Å². The molecular formula is C15H23N3O2. The lowest BCUT2D eigenvalue weighted by atomic mass is 10.0. The fourth-order valence-corrected chi connectivity index (χ4v) is 1.99. The fourth-order valence-electron chi connectivity index (χ4n) is 1.99. The number of primary amides is 1. The summed E-state index contributed by atoms with van der Waals surface area (Å²) in [5.41, 5.74) is 12.2. The Kier molecular flexibility index (Phi) is 6.18. The second kappa shape index (κ2) is 7.65. The minimum absolute atomic E-state index is 0.0878. The van der Waals surface area contributed by atoms with Crippen molar-refractivity contribution in [2.45, 2.75) is 38.8 Å². The molecular weight excluding hydrogens is 254 g/mol. The molecule has 0 heterocycles. The second-order valence-electron chi connectivity index (χ2n) is 5.16. The minimum Gasteiger partial charge on any atom is -0.368 e. The van der Waals surface area contributed by atoms with E-state index in [-0.39, 0.29) is 18.5 Å². The van der Waals surface area contributed by atoms with Crippen LogP contribution in [-0.4, -0.2) is 35.3 Å². The van der Waals surface area contributed by atoms with E-state index in [4.69, 9.17) is 11.5 Å². The van der Waals surface area contributed by atoms with Crippen molar-refractivity contribution < 1.29 is 9.59 Å². The summed E-state index contributed by atoms with van der Waals surface area (Å²) >= 11 is 0. The highest BCUT2D eigenvalue weighted by molar-refractivity contribution is 5.87. The molecule has 110 valence electrons. The predicted octanol–water partition coefficient (Wildman–Crippen LogP) is 0.669. The molecule has 0 unspecified atom stereocenters. The van der Waals surface area contributed by atoms with Gasteiger partial charge in [0.1, 0.15) is 0 Å². The van der Waals surface area contributed by atoms with Crippen LogP contribution in [0, 0.1) is 0 Å². The standard InChI is InChI=1S/C15H23N3O2/c1-11(2)18(10-14(17)19)15(20)13(16)9-8-12-6-4-3-5-7-12/h3-7,11,13H,8-10,16H2,1-2H3,(H2,17,19)/t13-/m0/s1. The number of hydrogen-bond donors (Lipinski definition) is 2. The van der Waals surface area contributed by atoms with E-state index < -0.39 is 11.9 Å². The van der Waals surface area contributed by atoms with Crippen molar-refractivity contribution in [3.05, 3.63) is 35.9 Å². The van der Waals surface area contributed by atoms with Crippen molar-refractivity contribution in [1.29, 1.82) is 0 Å². The van der Waals surface area contributed by atoms with E-state index >= 15 is 0 Å². The smallest absolute Gasteiger partial charge is 0.240 e. The van der Waals surface area contributed by atoms with Gasteiger partial charge >= 0.3 is 0 Å². The van der Waals surface area contributed by atoms with Gasteiger partial charge in [-0.05, 0) is 32.3 Å². The summed E-state index contributed by atoms with van der Waals surface area (Å²) < 4.78 is 0. The van der Waals surface area contributed by atoms with Crippen LogP contribution in [0.2, 0.25) is 0 Å². The molecule has 0 spiro atoms. The summed E-state index contributed by atoms with van der Waals surface area (Å²) in [4.78, 5) is 24.7. The van der Waals surface area contributed by atoms with Crippen LogP contribution >= 0.6 is 0 Å². The zero-order valence-electron chi connectivity index (χ0n) is 12.1. The van der Waals surface area contributed by atoms with E-state index in [0.717, 1.165) is 12.0 Å². The number of benzene rings is 1. The average Bonchev–Trinajstić information content (AvgIpc) is 2.42. The lowest BCUT2D eigenvalue weighted by Crippen LogP contribution is -2.50. The number of hydrogen-bond acceptors (Lipinski definition) is 3. The van der Waals surface area contributed by atoms with E-state index in [1.807, 2.05) is 44.2 Å². The van der Waals surface area contributed by atoms with Crippen LogP contribution < -0.4 is 11.5 Å². The Morgan fingerprint density at radius 2 is 1.80 bits per heavy atom. The zero-order chi connectivity index (χ0) is 15.1. The summed E-state index contributed by atoms with van der Waals surface area (Å²) in [6, 6.07) is 9.14. The number of aryl methyl sites for hydroxylation is 1. The molecule has 0 fully saturated rings. The molecule has 0 saturated heterocycles. The number of carbonyl (C=O) groups excluding carboxylic acids is 2. The monoisotopic (exact) mass is 277 g/mol. The third-order valence-electron chi connectivity index (χ3n) is 3.14. The maximum absolute atomic E-state index is 12.2. The van der Waals surface area contributed by atoms with Gasteiger partial charge in [0.15, 0.2) is 0 Å². The van der Waals surface area contributed by atoms with Gasteiger partial charge in [-0.3, -0.25) is 9.59 Å². The first kappa shape index (κ1) is 16.2. The molecule has 1 aromatic carbocycles. The molecule has 0 saturated carbocycles. The van der Waals surface area contributed by atoms with Crippen LogP contribution in [-0.2, 0) is 16.0 Å². The van der Waals surface area contributed by atoms with Crippen molar-refractivity contribution in [1.82, 2.24) is 4.90 Å². The Morgan fingerprint density at radius 3 is 2.30 bits per heavy atom. The SMILES string of the molecule is CC(C)N(CC(N)=O)C(=O)[C@@H](N)CCc1ccccc1. The van der Waals surface area contributed by atoms with Gasteiger partial charge in [0.25, 0.3) is 0 Å². The molecule has 2 amide bonds. The largest absolute Gasteiger partial charge is 0.368 e. The molecule has 0 aliphatic carbocycles. The summed E-state index contributed by atoms with van der Waals surface area (Å²) in [6.45, 7) is 3.59. The Bertz CT molecular complexity index is 446. The van der Waals surface area contributed by atoms with Crippen LogP contribution in [0.5, 0.6) is 0 Å². The van der Waals surface area contributed by atoms with Gasteiger partial charge in [-0.2, -0.15) is 0 Å². The van der Waals surface area contributed by atoms with Crippen molar-refractivity contribution in [2.24, 2.45) is 11.5 Å². The maximum atomic E-state index is 12.2. The minimum atomic E-state index is -0.614. The molecule has 0 bridgehead atoms. The van der Waals surface area contributed by atoms with Gasteiger partial charge in [0, 0.05) is 6.04 Å². The average molecular weight is 277 g/mol. The Balaban J connectivity index is 2.58. The quantitative estimate of drug-likeness (QED) is 0.767. The summed E-state index contributed by atoms with van der Waals surface area (Å²) in [6.07, 6.45) is 1.28. The Morgan fingerprint density at radius 1 is 1.20 bits per heavy atom. The van der Waals surface area contributed by atoms with Crippen molar-refractivity contribution in [3.8, 4) is 0 Å². The molecule has 0 aliphatic rings. The van der Waals surface area contributed by atoms with Gasteiger partial charge in [-0.1, -0.05) is 30.3 Å². The van der Waals surface area contributed by atoms with Crippen LogP contribution in [0.4, 0.5) is 0 Å². The zero-order valence-corrected chi connectivity index (χ0v) is 12.1. The van der Waals surface area contributed by atoms with E-state index in [0.29, 0.717) is 6.42 Å².